The minimum atomic E-state index is 0.597. The van der Waals surface area contributed by atoms with Gasteiger partial charge in [0.25, 0.3) is 5.95 Å². The largest absolute Gasteiger partial charge is 0.352 e. The summed E-state index contributed by atoms with van der Waals surface area (Å²) < 4.78 is 1.68. The number of nitrogens with zero attached hydrogens (tertiary/aromatic N) is 7. The highest BCUT2D eigenvalue weighted by Crippen LogP contribution is 2.32. The van der Waals surface area contributed by atoms with Crippen LogP contribution < -0.4 is 4.90 Å². The molecule has 1 aliphatic rings. The summed E-state index contributed by atoms with van der Waals surface area (Å²) >= 11 is 6.48. The van der Waals surface area contributed by atoms with E-state index in [9.17, 15) is 0 Å². The van der Waals surface area contributed by atoms with Crippen molar-refractivity contribution in [3.63, 3.8) is 0 Å². The summed E-state index contributed by atoms with van der Waals surface area (Å²) in [6, 6.07) is 6.00. The molecule has 4 aromatic rings. The van der Waals surface area contributed by atoms with Gasteiger partial charge in [-0.2, -0.15) is 5.10 Å². The maximum Gasteiger partial charge on any atom is 0.250 e. The minimum Gasteiger partial charge on any atom is -0.352 e. The van der Waals surface area contributed by atoms with Crippen LogP contribution in [0.3, 0.4) is 0 Å². The molecule has 0 saturated carbocycles. The molecule has 0 fully saturated rings. The number of pyridine rings is 2. The highest BCUT2D eigenvalue weighted by atomic mass is 35.5. The third-order valence-electron chi connectivity index (χ3n) is 5.27. The zero-order chi connectivity index (χ0) is 20.7. The van der Waals surface area contributed by atoms with Crippen LogP contribution >= 0.6 is 11.6 Å². The van der Waals surface area contributed by atoms with Crippen LogP contribution in [-0.4, -0.2) is 36.3 Å². The van der Waals surface area contributed by atoms with E-state index in [2.05, 4.69) is 37.9 Å². The third kappa shape index (κ3) is 3.41. The summed E-state index contributed by atoms with van der Waals surface area (Å²) in [5, 5.41) is 4.81. The second kappa shape index (κ2) is 7.50. The zero-order valence-corrected chi connectivity index (χ0v) is 17.5. The average Bonchev–Trinajstić information content (AvgIpc) is 3.29. The number of fused-ring (bicyclic) bond motifs is 1. The van der Waals surface area contributed by atoms with Crippen LogP contribution in [0.1, 0.15) is 22.4 Å². The molecule has 5 heterocycles. The zero-order valence-electron chi connectivity index (χ0n) is 16.7. The molecule has 30 heavy (non-hydrogen) atoms. The fourth-order valence-electron chi connectivity index (χ4n) is 3.78. The quantitative estimate of drug-likeness (QED) is 0.502. The number of rotatable bonds is 3. The fraction of sp³-hybridized carbons (Fsp3) is 0.227. The summed E-state index contributed by atoms with van der Waals surface area (Å²) in [7, 11) is 0. The predicted octanol–water partition coefficient (Wildman–Crippen LogP) is 3.95. The molecule has 4 aromatic heterocycles. The molecule has 0 N–H and O–H groups in total. The Labute approximate surface area is 179 Å². The van der Waals surface area contributed by atoms with E-state index >= 15 is 0 Å². The first-order chi connectivity index (χ1) is 14.6. The Bertz CT molecular complexity index is 1220. The molecule has 0 aromatic carbocycles. The van der Waals surface area contributed by atoms with Gasteiger partial charge < -0.3 is 4.90 Å². The van der Waals surface area contributed by atoms with Crippen LogP contribution in [0.15, 0.2) is 49.2 Å². The second-order valence-electron chi connectivity index (χ2n) is 7.46. The lowest BCUT2D eigenvalue weighted by molar-refractivity contribution is 0.683. The topological polar surface area (TPSA) is 72.6 Å². The lowest BCUT2D eigenvalue weighted by Gasteiger charge is -2.29. The average molecular weight is 418 g/mol. The van der Waals surface area contributed by atoms with Crippen LogP contribution in [-0.2, 0) is 13.0 Å². The van der Waals surface area contributed by atoms with Crippen molar-refractivity contribution in [1.82, 2.24) is 29.7 Å². The van der Waals surface area contributed by atoms with Gasteiger partial charge in [0.15, 0.2) is 0 Å². The summed E-state index contributed by atoms with van der Waals surface area (Å²) in [5.41, 5.74) is 6.16. The summed E-state index contributed by atoms with van der Waals surface area (Å²) in [6.07, 6.45) is 9.84. The highest BCUT2D eigenvalue weighted by molar-refractivity contribution is 6.33. The third-order valence-corrected chi connectivity index (χ3v) is 5.57. The van der Waals surface area contributed by atoms with Gasteiger partial charge in [-0.15, -0.1) is 0 Å². The lowest BCUT2D eigenvalue weighted by atomic mass is 10.0. The predicted molar refractivity (Wildman–Crippen MR) is 116 cm³/mol. The molecule has 8 heteroatoms. The van der Waals surface area contributed by atoms with E-state index in [4.69, 9.17) is 16.6 Å². The molecule has 0 amide bonds. The molecule has 0 unspecified atom stereocenters. The number of hydrogen-bond donors (Lipinski definition) is 0. The molecule has 0 saturated heterocycles. The smallest absolute Gasteiger partial charge is 0.250 e. The molecule has 0 atom stereocenters. The van der Waals surface area contributed by atoms with Gasteiger partial charge in [-0.3, -0.25) is 4.98 Å². The van der Waals surface area contributed by atoms with Crippen molar-refractivity contribution in [1.29, 1.82) is 0 Å². The van der Waals surface area contributed by atoms with Gasteiger partial charge in [-0.05, 0) is 37.1 Å². The first-order valence-electron chi connectivity index (χ1n) is 9.77. The molecule has 5 rings (SSSR count). The van der Waals surface area contributed by atoms with Crippen molar-refractivity contribution in [2.75, 3.05) is 11.4 Å². The van der Waals surface area contributed by atoms with Crippen LogP contribution in [0.2, 0.25) is 5.02 Å². The van der Waals surface area contributed by atoms with E-state index in [-0.39, 0.29) is 0 Å². The Morgan fingerprint density at radius 2 is 1.93 bits per heavy atom. The van der Waals surface area contributed by atoms with Gasteiger partial charge in [-0.1, -0.05) is 17.7 Å². The SMILES string of the molecule is Cc1cnc(-c2cc(N3CCc4nc(-n5cccn5)ncc4C3)ncc2Cl)c(C)c1. The number of anilines is 1. The molecule has 7 nitrogen and oxygen atoms in total. The molecule has 0 spiro atoms. The number of aryl methyl sites for hydroxylation is 2. The Hall–Kier alpha value is -3.32. The number of halogens is 1. The summed E-state index contributed by atoms with van der Waals surface area (Å²) in [6.45, 7) is 5.60. The van der Waals surface area contributed by atoms with Crippen molar-refractivity contribution in [3.05, 3.63) is 76.6 Å². The van der Waals surface area contributed by atoms with Crippen LogP contribution in [0.5, 0.6) is 0 Å². The van der Waals surface area contributed by atoms with E-state index in [0.717, 1.165) is 52.4 Å². The first-order valence-corrected chi connectivity index (χ1v) is 10.2. The second-order valence-corrected chi connectivity index (χ2v) is 7.87. The maximum absolute atomic E-state index is 6.48. The van der Waals surface area contributed by atoms with Crippen molar-refractivity contribution in [3.8, 4) is 17.2 Å². The van der Waals surface area contributed by atoms with Crippen molar-refractivity contribution in [2.45, 2.75) is 26.8 Å². The molecule has 0 aliphatic carbocycles. The molecule has 150 valence electrons. The van der Waals surface area contributed by atoms with E-state index in [0.29, 0.717) is 17.5 Å². The van der Waals surface area contributed by atoms with Crippen LogP contribution in [0.4, 0.5) is 5.82 Å². The summed E-state index contributed by atoms with van der Waals surface area (Å²) in [4.78, 5) is 20.6. The Kier molecular flexibility index (Phi) is 4.67. The maximum atomic E-state index is 6.48. The highest BCUT2D eigenvalue weighted by Gasteiger charge is 2.21. The van der Waals surface area contributed by atoms with E-state index in [1.807, 2.05) is 37.6 Å². The Morgan fingerprint density at radius 3 is 2.73 bits per heavy atom. The molecule has 0 radical (unpaired) electrons. The lowest BCUT2D eigenvalue weighted by Crippen LogP contribution is -2.32. The number of hydrogen-bond acceptors (Lipinski definition) is 6. The van der Waals surface area contributed by atoms with Gasteiger partial charge in [0, 0.05) is 61.6 Å². The summed E-state index contributed by atoms with van der Waals surface area (Å²) in [5.74, 6) is 1.47. The van der Waals surface area contributed by atoms with Gasteiger partial charge in [0.1, 0.15) is 5.82 Å². The van der Waals surface area contributed by atoms with E-state index < -0.39 is 0 Å². The van der Waals surface area contributed by atoms with E-state index in [1.165, 1.54) is 0 Å². The van der Waals surface area contributed by atoms with Gasteiger partial charge in [-0.25, -0.2) is 19.6 Å². The standard InChI is InChI=1S/C22H20ClN7/c1-14-8-15(2)21(25-10-14)17-9-20(24-12-18(17)23)29-7-4-19-16(13-29)11-26-22(28-19)30-6-3-5-27-30/h3,5-6,8-12H,4,7,13H2,1-2H3. The van der Waals surface area contributed by atoms with Gasteiger partial charge in [0.05, 0.1) is 16.4 Å². The fourth-order valence-corrected chi connectivity index (χ4v) is 3.97. The molecular formula is C22H20ClN7. The van der Waals surface area contributed by atoms with Crippen molar-refractivity contribution in [2.24, 2.45) is 0 Å². The monoisotopic (exact) mass is 417 g/mol. The Morgan fingerprint density at radius 1 is 1.03 bits per heavy atom. The number of aromatic nitrogens is 6. The van der Waals surface area contributed by atoms with Crippen molar-refractivity contribution >= 4 is 17.4 Å². The molecular weight excluding hydrogens is 398 g/mol. The molecule has 1 aliphatic heterocycles. The van der Waals surface area contributed by atoms with Gasteiger partial charge in [0.2, 0.25) is 0 Å². The minimum absolute atomic E-state index is 0.597. The normalized spacial score (nSPS) is 13.4. The Balaban J connectivity index is 1.45. The van der Waals surface area contributed by atoms with Gasteiger partial charge >= 0.3 is 0 Å². The van der Waals surface area contributed by atoms with Crippen LogP contribution in [0, 0.1) is 13.8 Å². The van der Waals surface area contributed by atoms with E-state index in [1.54, 1.807) is 17.1 Å². The van der Waals surface area contributed by atoms with Crippen LogP contribution in [0.25, 0.3) is 17.2 Å². The van der Waals surface area contributed by atoms with Crippen molar-refractivity contribution < 1.29 is 0 Å². The molecule has 0 bridgehead atoms. The first kappa shape index (κ1) is 18.7.